The minimum Gasteiger partial charge on any atom is -0.497 e. The molecule has 2 aromatic carbocycles. The van der Waals surface area contributed by atoms with E-state index in [1.54, 1.807) is 7.11 Å². The molecule has 0 aliphatic heterocycles. The van der Waals surface area contributed by atoms with Gasteiger partial charge in [0.05, 0.1) is 7.11 Å². The molecule has 0 bridgehead atoms. The predicted molar refractivity (Wildman–Crippen MR) is 75.1 cm³/mol. The lowest BCUT2D eigenvalue weighted by molar-refractivity contribution is 0.415. The van der Waals surface area contributed by atoms with E-state index in [9.17, 15) is 0 Å². The molecule has 0 saturated carbocycles. The quantitative estimate of drug-likeness (QED) is 0.712. The molecule has 1 aromatic heterocycles. The van der Waals surface area contributed by atoms with Crippen molar-refractivity contribution in [2.75, 3.05) is 12.8 Å². The van der Waals surface area contributed by atoms with Crippen molar-refractivity contribution in [3.8, 4) is 17.2 Å². The zero-order chi connectivity index (χ0) is 13.4. The van der Waals surface area contributed by atoms with Crippen LogP contribution < -0.4 is 10.5 Å². The first kappa shape index (κ1) is 11.6. The summed E-state index contributed by atoms with van der Waals surface area (Å²) >= 11 is 0. The lowest BCUT2D eigenvalue weighted by Crippen LogP contribution is -1.85. The Labute approximate surface area is 110 Å². The lowest BCUT2D eigenvalue weighted by atomic mass is 10.2. The van der Waals surface area contributed by atoms with E-state index in [0.717, 1.165) is 28.0 Å². The average molecular weight is 254 g/mol. The Morgan fingerprint density at radius 3 is 2.58 bits per heavy atom. The van der Waals surface area contributed by atoms with E-state index in [4.69, 9.17) is 14.9 Å². The van der Waals surface area contributed by atoms with Crippen LogP contribution in [0.4, 0.5) is 5.69 Å². The van der Waals surface area contributed by atoms with Gasteiger partial charge < -0.3 is 14.9 Å². The van der Waals surface area contributed by atoms with E-state index in [1.165, 1.54) is 0 Å². The van der Waals surface area contributed by atoms with Crippen LogP contribution in [0.25, 0.3) is 22.6 Å². The number of hydrogen-bond donors (Lipinski definition) is 1. The van der Waals surface area contributed by atoms with Gasteiger partial charge in [0.2, 0.25) is 5.89 Å². The Morgan fingerprint density at radius 2 is 1.89 bits per heavy atom. The van der Waals surface area contributed by atoms with Crippen LogP contribution in [-0.4, -0.2) is 12.1 Å². The highest BCUT2D eigenvalue weighted by Crippen LogP contribution is 2.28. The molecule has 0 fully saturated rings. The SMILES string of the molecule is COc1ccc(-c2nc3cc(N)cc(C)c3o2)cc1. The molecule has 4 nitrogen and oxygen atoms in total. The number of oxazole rings is 1. The summed E-state index contributed by atoms with van der Waals surface area (Å²) in [5, 5.41) is 0. The number of ether oxygens (including phenoxy) is 1. The first-order chi connectivity index (χ1) is 9.17. The summed E-state index contributed by atoms with van der Waals surface area (Å²) in [6.07, 6.45) is 0. The predicted octanol–water partition coefficient (Wildman–Crippen LogP) is 3.39. The van der Waals surface area contributed by atoms with Crippen molar-refractivity contribution < 1.29 is 9.15 Å². The van der Waals surface area contributed by atoms with E-state index in [-0.39, 0.29) is 0 Å². The second kappa shape index (κ2) is 4.31. The van der Waals surface area contributed by atoms with Crippen molar-refractivity contribution in [1.82, 2.24) is 4.98 Å². The van der Waals surface area contributed by atoms with E-state index in [0.29, 0.717) is 11.6 Å². The van der Waals surface area contributed by atoms with Crippen LogP contribution in [-0.2, 0) is 0 Å². The van der Waals surface area contributed by atoms with E-state index < -0.39 is 0 Å². The number of anilines is 1. The van der Waals surface area contributed by atoms with Crippen molar-refractivity contribution in [1.29, 1.82) is 0 Å². The third-order valence-corrected chi connectivity index (χ3v) is 3.04. The van der Waals surface area contributed by atoms with Gasteiger partial charge in [-0.1, -0.05) is 0 Å². The third kappa shape index (κ3) is 2.01. The van der Waals surface area contributed by atoms with Crippen molar-refractivity contribution in [2.24, 2.45) is 0 Å². The van der Waals surface area contributed by atoms with Gasteiger partial charge in [-0.3, -0.25) is 0 Å². The summed E-state index contributed by atoms with van der Waals surface area (Å²) in [5.41, 5.74) is 9.97. The fraction of sp³-hybridized carbons (Fsp3) is 0.133. The van der Waals surface area contributed by atoms with Crippen LogP contribution in [0.3, 0.4) is 0 Å². The normalized spacial score (nSPS) is 10.8. The maximum atomic E-state index is 5.81. The van der Waals surface area contributed by atoms with Crippen molar-refractivity contribution >= 4 is 16.8 Å². The van der Waals surface area contributed by atoms with E-state index >= 15 is 0 Å². The Morgan fingerprint density at radius 1 is 1.16 bits per heavy atom. The van der Waals surface area contributed by atoms with Gasteiger partial charge in [-0.2, -0.15) is 0 Å². The summed E-state index contributed by atoms with van der Waals surface area (Å²) in [6, 6.07) is 11.3. The molecule has 96 valence electrons. The minimum absolute atomic E-state index is 0.589. The van der Waals surface area contributed by atoms with Gasteiger partial charge in [-0.05, 0) is 48.9 Å². The van der Waals surface area contributed by atoms with Crippen LogP contribution in [0.2, 0.25) is 0 Å². The second-order valence-electron chi connectivity index (χ2n) is 4.43. The molecule has 3 rings (SSSR count). The molecule has 0 aliphatic rings. The number of aromatic nitrogens is 1. The van der Waals surface area contributed by atoms with Gasteiger partial charge in [0.15, 0.2) is 5.58 Å². The van der Waals surface area contributed by atoms with Crippen molar-refractivity contribution in [3.05, 3.63) is 42.0 Å². The van der Waals surface area contributed by atoms with Gasteiger partial charge in [-0.15, -0.1) is 0 Å². The number of nitrogens with zero attached hydrogens (tertiary/aromatic N) is 1. The zero-order valence-corrected chi connectivity index (χ0v) is 10.8. The third-order valence-electron chi connectivity index (χ3n) is 3.04. The fourth-order valence-corrected chi connectivity index (χ4v) is 2.08. The maximum Gasteiger partial charge on any atom is 0.227 e. The molecular weight excluding hydrogens is 240 g/mol. The molecule has 0 atom stereocenters. The van der Waals surface area contributed by atoms with E-state index in [2.05, 4.69) is 4.98 Å². The average Bonchev–Trinajstić information content (AvgIpc) is 2.83. The van der Waals surface area contributed by atoms with Crippen LogP contribution in [0, 0.1) is 6.92 Å². The molecule has 0 amide bonds. The number of nitrogens with two attached hydrogens (primary N) is 1. The van der Waals surface area contributed by atoms with Gasteiger partial charge in [0.1, 0.15) is 11.3 Å². The Hall–Kier alpha value is -2.49. The Balaban J connectivity index is 2.12. The molecule has 19 heavy (non-hydrogen) atoms. The molecule has 0 spiro atoms. The molecule has 0 saturated heterocycles. The topological polar surface area (TPSA) is 61.3 Å². The fourth-order valence-electron chi connectivity index (χ4n) is 2.08. The zero-order valence-electron chi connectivity index (χ0n) is 10.8. The highest BCUT2D eigenvalue weighted by molar-refractivity contribution is 5.82. The summed E-state index contributed by atoms with van der Waals surface area (Å²) in [7, 11) is 1.64. The van der Waals surface area contributed by atoms with Crippen molar-refractivity contribution in [3.63, 3.8) is 0 Å². The Kier molecular flexibility index (Phi) is 2.63. The minimum atomic E-state index is 0.589. The highest BCUT2D eigenvalue weighted by atomic mass is 16.5. The standard InChI is InChI=1S/C15H14N2O2/c1-9-7-11(16)8-13-14(9)19-15(17-13)10-3-5-12(18-2)6-4-10/h3-8H,16H2,1-2H3. The molecular formula is C15H14N2O2. The monoisotopic (exact) mass is 254 g/mol. The summed E-state index contributed by atoms with van der Waals surface area (Å²) in [5.74, 6) is 1.40. The molecule has 4 heteroatoms. The summed E-state index contributed by atoms with van der Waals surface area (Å²) < 4.78 is 10.9. The number of fused-ring (bicyclic) bond motifs is 1. The van der Waals surface area contributed by atoms with Gasteiger partial charge in [-0.25, -0.2) is 4.98 Å². The van der Waals surface area contributed by atoms with Gasteiger partial charge in [0.25, 0.3) is 0 Å². The molecule has 3 aromatic rings. The van der Waals surface area contributed by atoms with Crippen LogP contribution in [0.1, 0.15) is 5.56 Å². The van der Waals surface area contributed by atoms with Crippen molar-refractivity contribution in [2.45, 2.75) is 6.92 Å². The largest absolute Gasteiger partial charge is 0.497 e. The van der Waals surface area contributed by atoms with Gasteiger partial charge in [0, 0.05) is 11.3 Å². The molecule has 1 heterocycles. The Bertz CT molecular complexity index is 730. The lowest BCUT2D eigenvalue weighted by Gasteiger charge is -1.99. The number of nitrogen functional groups attached to an aromatic ring is 1. The van der Waals surface area contributed by atoms with E-state index in [1.807, 2.05) is 43.3 Å². The summed E-state index contributed by atoms with van der Waals surface area (Å²) in [4.78, 5) is 4.47. The number of rotatable bonds is 2. The number of hydrogen-bond acceptors (Lipinski definition) is 4. The highest BCUT2D eigenvalue weighted by Gasteiger charge is 2.10. The summed E-state index contributed by atoms with van der Waals surface area (Å²) in [6.45, 7) is 1.96. The van der Waals surface area contributed by atoms with Crippen LogP contribution in [0.5, 0.6) is 5.75 Å². The molecule has 0 radical (unpaired) electrons. The number of aryl methyl sites for hydroxylation is 1. The maximum absolute atomic E-state index is 5.81. The molecule has 2 N–H and O–H groups in total. The van der Waals surface area contributed by atoms with Crippen LogP contribution >= 0.6 is 0 Å². The molecule has 0 unspecified atom stereocenters. The first-order valence-corrected chi connectivity index (χ1v) is 5.98. The second-order valence-corrected chi connectivity index (χ2v) is 4.43. The number of benzene rings is 2. The number of methoxy groups -OCH3 is 1. The van der Waals surface area contributed by atoms with Crippen LogP contribution in [0.15, 0.2) is 40.8 Å². The molecule has 0 aliphatic carbocycles. The smallest absolute Gasteiger partial charge is 0.227 e. The van der Waals surface area contributed by atoms with Gasteiger partial charge >= 0.3 is 0 Å². The first-order valence-electron chi connectivity index (χ1n) is 5.98.